The molecule has 3 nitrogen and oxygen atoms in total. The number of carbonyl (C=O) groups excluding carboxylic acids is 1. The Morgan fingerprint density at radius 2 is 1.90 bits per heavy atom. The van der Waals surface area contributed by atoms with Crippen LogP contribution in [0, 0.1) is 12.8 Å². The summed E-state index contributed by atoms with van der Waals surface area (Å²) in [6.45, 7) is 3.62. The molecule has 2 atom stereocenters. The van der Waals surface area contributed by atoms with Gasteiger partial charge in [0.2, 0.25) is 0 Å². The van der Waals surface area contributed by atoms with E-state index in [1.165, 1.54) is 0 Å². The molecule has 0 aliphatic heterocycles. The average Bonchev–Trinajstić information content (AvgIpc) is 2.39. The molecule has 1 aromatic rings. The Labute approximate surface area is 117 Å². The smallest absolute Gasteiger partial charge is 0.317 e. The van der Waals surface area contributed by atoms with Crippen LogP contribution in [0.1, 0.15) is 30.9 Å². The third-order valence-electron chi connectivity index (χ3n) is 3.40. The highest BCUT2D eigenvalue weighted by molar-refractivity contribution is 5.74. The first-order valence-corrected chi connectivity index (χ1v) is 6.52. The van der Waals surface area contributed by atoms with E-state index in [1.807, 2.05) is 6.92 Å². The molecular formula is C15H20F2O3. The molecule has 1 aromatic carbocycles. The lowest BCUT2D eigenvalue weighted by Gasteiger charge is -2.34. The molecule has 0 radical (unpaired) electrons. The van der Waals surface area contributed by atoms with Crippen LogP contribution in [0.15, 0.2) is 24.3 Å². The van der Waals surface area contributed by atoms with Crippen molar-refractivity contribution in [2.45, 2.75) is 38.7 Å². The Kier molecular flexibility index (Phi) is 5.62. The molecule has 0 bridgehead atoms. The van der Waals surface area contributed by atoms with E-state index in [0.29, 0.717) is 12.0 Å². The van der Waals surface area contributed by atoms with Gasteiger partial charge < -0.3 is 9.84 Å². The van der Waals surface area contributed by atoms with E-state index in [-0.39, 0.29) is 6.42 Å². The predicted molar refractivity (Wildman–Crippen MR) is 71.5 cm³/mol. The van der Waals surface area contributed by atoms with Gasteiger partial charge in [-0.05, 0) is 18.9 Å². The number of hydrogen-bond donors (Lipinski definition) is 1. The van der Waals surface area contributed by atoms with Gasteiger partial charge in [0.05, 0.1) is 7.11 Å². The van der Waals surface area contributed by atoms with Crippen LogP contribution in [0.2, 0.25) is 0 Å². The molecule has 1 N–H and O–H groups in total. The fourth-order valence-corrected chi connectivity index (χ4v) is 2.34. The summed E-state index contributed by atoms with van der Waals surface area (Å²) in [5.74, 6) is -2.99. The zero-order valence-electron chi connectivity index (χ0n) is 11.9. The first-order chi connectivity index (χ1) is 9.36. The Balaban J connectivity index is 3.30. The maximum Gasteiger partial charge on any atom is 0.317 e. The molecule has 0 spiro atoms. The predicted octanol–water partition coefficient (Wildman–Crippen LogP) is 3.04. The van der Waals surface area contributed by atoms with Crippen LogP contribution >= 0.6 is 0 Å². The fourth-order valence-electron chi connectivity index (χ4n) is 2.34. The number of alkyl halides is 2. The Hall–Kier alpha value is -1.49. The highest BCUT2D eigenvalue weighted by Crippen LogP contribution is 2.38. The van der Waals surface area contributed by atoms with E-state index in [9.17, 15) is 18.7 Å². The van der Waals surface area contributed by atoms with Gasteiger partial charge in [0.25, 0.3) is 6.43 Å². The van der Waals surface area contributed by atoms with Crippen molar-refractivity contribution in [2.24, 2.45) is 5.92 Å². The van der Waals surface area contributed by atoms with Gasteiger partial charge in [0.1, 0.15) is 5.60 Å². The minimum atomic E-state index is -3.00. The van der Waals surface area contributed by atoms with Gasteiger partial charge in [-0.15, -0.1) is 0 Å². The third-order valence-corrected chi connectivity index (χ3v) is 3.40. The summed E-state index contributed by atoms with van der Waals surface area (Å²) in [5, 5.41) is 10.7. The second kappa shape index (κ2) is 6.79. The van der Waals surface area contributed by atoms with Gasteiger partial charge in [-0.2, -0.15) is 0 Å². The molecule has 0 saturated carbocycles. The van der Waals surface area contributed by atoms with Gasteiger partial charge in [0, 0.05) is 0 Å². The van der Waals surface area contributed by atoms with Crippen LogP contribution in [0.5, 0.6) is 0 Å². The number of aliphatic hydroxyl groups is 1. The summed E-state index contributed by atoms with van der Waals surface area (Å²) < 4.78 is 31.0. The van der Waals surface area contributed by atoms with Crippen molar-refractivity contribution in [1.29, 1.82) is 0 Å². The van der Waals surface area contributed by atoms with Gasteiger partial charge in [-0.25, -0.2) is 8.78 Å². The van der Waals surface area contributed by atoms with Crippen LogP contribution in [-0.4, -0.2) is 24.6 Å². The SMILES string of the molecule is CCCC(O)(c1ccc(C)cc1)C(C(=O)OC)C(F)F. The Morgan fingerprint density at radius 1 is 1.35 bits per heavy atom. The molecule has 1 rings (SSSR count). The number of aryl methyl sites for hydroxylation is 1. The lowest BCUT2D eigenvalue weighted by Crippen LogP contribution is -2.44. The van der Waals surface area contributed by atoms with E-state index < -0.39 is 23.9 Å². The van der Waals surface area contributed by atoms with Crippen molar-refractivity contribution in [3.8, 4) is 0 Å². The highest BCUT2D eigenvalue weighted by Gasteiger charge is 2.48. The van der Waals surface area contributed by atoms with Crippen molar-refractivity contribution >= 4 is 5.97 Å². The minimum Gasteiger partial charge on any atom is -0.469 e. The molecule has 20 heavy (non-hydrogen) atoms. The monoisotopic (exact) mass is 286 g/mol. The van der Waals surface area contributed by atoms with Crippen molar-refractivity contribution in [1.82, 2.24) is 0 Å². The van der Waals surface area contributed by atoms with Crippen LogP contribution in [0.3, 0.4) is 0 Å². The van der Waals surface area contributed by atoms with Crippen molar-refractivity contribution < 1.29 is 23.4 Å². The number of methoxy groups -OCH3 is 1. The van der Waals surface area contributed by atoms with E-state index >= 15 is 0 Å². The van der Waals surface area contributed by atoms with Gasteiger partial charge in [-0.3, -0.25) is 4.79 Å². The summed E-state index contributed by atoms with van der Waals surface area (Å²) in [6.07, 6.45) is -2.48. The Bertz CT molecular complexity index is 445. The van der Waals surface area contributed by atoms with Crippen molar-refractivity contribution in [2.75, 3.05) is 7.11 Å². The van der Waals surface area contributed by atoms with Crippen molar-refractivity contribution in [3.63, 3.8) is 0 Å². The molecule has 2 unspecified atom stereocenters. The van der Waals surface area contributed by atoms with Crippen molar-refractivity contribution in [3.05, 3.63) is 35.4 Å². The maximum atomic E-state index is 13.3. The normalized spacial score (nSPS) is 15.8. The molecule has 5 heteroatoms. The minimum absolute atomic E-state index is 0.0557. The molecule has 0 heterocycles. The standard InChI is InChI=1S/C15H20F2O3/c1-4-9-15(19,11-7-5-10(2)6-8-11)12(13(16)17)14(18)20-3/h5-8,12-13,19H,4,9H2,1-3H3. The number of hydrogen-bond acceptors (Lipinski definition) is 3. The topological polar surface area (TPSA) is 46.5 Å². The van der Waals surface area contributed by atoms with Crippen LogP contribution in [0.4, 0.5) is 8.78 Å². The first-order valence-electron chi connectivity index (χ1n) is 6.52. The Morgan fingerprint density at radius 3 is 2.30 bits per heavy atom. The molecule has 0 aliphatic carbocycles. The number of esters is 1. The lowest BCUT2D eigenvalue weighted by atomic mass is 9.78. The number of rotatable bonds is 6. The second-order valence-corrected chi connectivity index (χ2v) is 4.88. The molecule has 0 saturated heterocycles. The summed E-state index contributed by atoms with van der Waals surface area (Å²) in [4.78, 5) is 11.7. The largest absolute Gasteiger partial charge is 0.469 e. The number of halogens is 2. The van der Waals surface area contributed by atoms with E-state index in [0.717, 1.165) is 12.7 Å². The number of benzene rings is 1. The summed E-state index contributed by atoms with van der Waals surface area (Å²) >= 11 is 0. The molecule has 0 aliphatic rings. The zero-order chi connectivity index (χ0) is 15.3. The van der Waals surface area contributed by atoms with E-state index in [1.54, 1.807) is 31.2 Å². The zero-order valence-corrected chi connectivity index (χ0v) is 11.9. The second-order valence-electron chi connectivity index (χ2n) is 4.88. The molecule has 0 aromatic heterocycles. The van der Waals surface area contributed by atoms with Gasteiger partial charge >= 0.3 is 5.97 Å². The molecule has 0 amide bonds. The van der Waals surface area contributed by atoms with Gasteiger partial charge in [0.15, 0.2) is 5.92 Å². The van der Waals surface area contributed by atoms with E-state index in [2.05, 4.69) is 4.74 Å². The molecule has 112 valence electrons. The lowest BCUT2D eigenvalue weighted by molar-refractivity contribution is -0.170. The highest BCUT2D eigenvalue weighted by atomic mass is 19.3. The van der Waals surface area contributed by atoms with Crippen LogP contribution < -0.4 is 0 Å². The van der Waals surface area contributed by atoms with Crippen LogP contribution in [-0.2, 0) is 15.1 Å². The summed E-state index contributed by atoms with van der Waals surface area (Å²) in [6, 6.07) is 6.58. The first kappa shape index (κ1) is 16.6. The molecule has 0 fully saturated rings. The van der Waals surface area contributed by atoms with Gasteiger partial charge in [-0.1, -0.05) is 43.2 Å². The summed E-state index contributed by atoms with van der Waals surface area (Å²) in [7, 11) is 1.04. The van der Waals surface area contributed by atoms with E-state index in [4.69, 9.17) is 0 Å². The quantitative estimate of drug-likeness (QED) is 0.818. The summed E-state index contributed by atoms with van der Waals surface area (Å²) in [5.41, 5.74) is -0.677. The molecular weight excluding hydrogens is 266 g/mol. The third kappa shape index (κ3) is 3.33. The maximum absolute atomic E-state index is 13.3. The van der Waals surface area contributed by atoms with Crippen LogP contribution in [0.25, 0.3) is 0 Å². The number of carbonyl (C=O) groups is 1. The fraction of sp³-hybridized carbons (Fsp3) is 0.533. The average molecular weight is 286 g/mol. The number of ether oxygens (including phenoxy) is 1.